The van der Waals surface area contributed by atoms with Crippen molar-refractivity contribution in [1.82, 2.24) is 9.97 Å². The summed E-state index contributed by atoms with van der Waals surface area (Å²) in [6.07, 6.45) is 3.06. The minimum Gasteiger partial charge on any atom is -0.465 e. The van der Waals surface area contributed by atoms with Gasteiger partial charge in [0.25, 0.3) is 0 Å². The van der Waals surface area contributed by atoms with Gasteiger partial charge in [0.1, 0.15) is 5.75 Å². The van der Waals surface area contributed by atoms with E-state index in [9.17, 15) is 9.59 Å². The molecule has 0 radical (unpaired) electrons. The average molecular weight is 403 g/mol. The number of aromatic nitrogens is 2. The lowest BCUT2D eigenvalue weighted by molar-refractivity contribution is -0.111. The second-order valence-corrected chi connectivity index (χ2v) is 6.50. The van der Waals surface area contributed by atoms with Crippen LogP contribution in [0.25, 0.3) is 6.08 Å². The highest BCUT2D eigenvalue weighted by Gasteiger charge is 2.06. The first-order chi connectivity index (χ1) is 14.4. The van der Waals surface area contributed by atoms with Crippen molar-refractivity contribution in [3.05, 3.63) is 83.2 Å². The molecular weight excluding hydrogens is 382 g/mol. The van der Waals surface area contributed by atoms with Crippen LogP contribution in [0.5, 0.6) is 11.8 Å². The van der Waals surface area contributed by atoms with Gasteiger partial charge in [0.2, 0.25) is 5.91 Å². The van der Waals surface area contributed by atoms with Crippen LogP contribution in [0.4, 0.5) is 5.69 Å². The Morgan fingerprint density at radius 3 is 2.33 bits per heavy atom. The maximum absolute atomic E-state index is 12.2. The predicted octanol–water partition coefficient (Wildman–Crippen LogP) is 4.32. The number of rotatable bonds is 6. The first-order valence-electron chi connectivity index (χ1n) is 9.20. The van der Waals surface area contributed by atoms with Gasteiger partial charge in [0, 0.05) is 29.2 Å². The number of carbonyl (C=O) groups excluding carboxylic acids is 2. The van der Waals surface area contributed by atoms with Crippen molar-refractivity contribution in [2.24, 2.45) is 0 Å². The molecule has 1 aromatic heterocycles. The van der Waals surface area contributed by atoms with Gasteiger partial charge in [-0.05, 0) is 55.8 Å². The number of carbonyl (C=O) groups is 2. The Hall–Kier alpha value is -4.00. The topological polar surface area (TPSA) is 90.4 Å². The van der Waals surface area contributed by atoms with Gasteiger partial charge in [-0.1, -0.05) is 18.2 Å². The molecule has 0 spiro atoms. The minimum atomic E-state index is -0.406. The molecule has 0 saturated heterocycles. The SMILES string of the molecule is COC(=O)c1ccc(/C=C/C(=O)Nc2cccc(Oc3nc(C)cc(C)n3)c2)cc1. The number of ether oxygens (including phenoxy) is 2. The second kappa shape index (κ2) is 9.47. The van der Waals surface area contributed by atoms with Crippen LogP contribution in [0.3, 0.4) is 0 Å². The summed E-state index contributed by atoms with van der Waals surface area (Å²) in [5.74, 6) is -0.191. The lowest BCUT2D eigenvalue weighted by atomic mass is 10.1. The number of methoxy groups -OCH3 is 1. The highest BCUT2D eigenvalue weighted by atomic mass is 16.5. The van der Waals surface area contributed by atoms with E-state index in [-0.39, 0.29) is 11.9 Å². The second-order valence-electron chi connectivity index (χ2n) is 6.50. The maximum Gasteiger partial charge on any atom is 0.337 e. The Balaban J connectivity index is 1.63. The van der Waals surface area contributed by atoms with Crippen molar-refractivity contribution in [3.63, 3.8) is 0 Å². The smallest absolute Gasteiger partial charge is 0.337 e. The number of benzene rings is 2. The summed E-state index contributed by atoms with van der Waals surface area (Å²) in [7, 11) is 1.33. The van der Waals surface area contributed by atoms with E-state index in [1.807, 2.05) is 19.9 Å². The van der Waals surface area contributed by atoms with E-state index in [1.165, 1.54) is 13.2 Å². The molecule has 152 valence electrons. The Morgan fingerprint density at radius 1 is 0.967 bits per heavy atom. The third-order valence-electron chi connectivity index (χ3n) is 4.03. The third kappa shape index (κ3) is 5.75. The molecule has 1 heterocycles. The van der Waals surface area contributed by atoms with E-state index < -0.39 is 5.97 Å². The van der Waals surface area contributed by atoms with Crippen LogP contribution >= 0.6 is 0 Å². The number of nitrogens with zero attached hydrogens (tertiary/aromatic N) is 2. The highest BCUT2D eigenvalue weighted by Crippen LogP contribution is 2.22. The zero-order chi connectivity index (χ0) is 21.5. The molecule has 0 bridgehead atoms. The van der Waals surface area contributed by atoms with Gasteiger partial charge >= 0.3 is 12.0 Å². The molecule has 1 N–H and O–H groups in total. The summed E-state index contributed by atoms with van der Waals surface area (Å²) in [4.78, 5) is 32.2. The summed E-state index contributed by atoms with van der Waals surface area (Å²) in [6, 6.07) is 15.8. The molecule has 0 unspecified atom stereocenters. The Morgan fingerprint density at radius 2 is 1.67 bits per heavy atom. The normalized spacial score (nSPS) is 10.6. The van der Waals surface area contributed by atoms with Gasteiger partial charge in [0.05, 0.1) is 12.7 Å². The first kappa shape index (κ1) is 20.7. The Kier molecular flexibility index (Phi) is 6.54. The molecule has 1 amide bonds. The minimum absolute atomic E-state index is 0.256. The number of aryl methyl sites for hydroxylation is 2. The summed E-state index contributed by atoms with van der Waals surface area (Å²) in [5, 5.41) is 2.78. The van der Waals surface area contributed by atoms with Gasteiger partial charge in [0.15, 0.2) is 0 Å². The van der Waals surface area contributed by atoms with Crippen molar-refractivity contribution < 1.29 is 19.1 Å². The van der Waals surface area contributed by atoms with E-state index in [1.54, 1.807) is 54.6 Å². The fourth-order valence-corrected chi connectivity index (χ4v) is 2.69. The van der Waals surface area contributed by atoms with Gasteiger partial charge in [-0.25, -0.2) is 14.8 Å². The molecule has 3 rings (SSSR count). The zero-order valence-electron chi connectivity index (χ0n) is 16.9. The van der Waals surface area contributed by atoms with Crippen LogP contribution in [0.2, 0.25) is 0 Å². The predicted molar refractivity (Wildman–Crippen MR) is 113 cm³/mol. The van der Waals surface area contributed by atoms with E-state index in [0.717, 1.165) is 17.0 Å². The van der Waals surface area contributed by atoms with E-state index in [2.05, 4.69) is 20.0 Å². The summed E-state index contributed by atoms with van der Waals surface area (Å²) < 4.78 is 10.4. The molecule has 3 aromatic rings. The van der Waals surface area contributed by atoms with Gasteiger partial charge < -0.3 is 14.8 Å². The number of esters is 1. The standard InChI is InChI=1S/C23H21N3O4/c1-15-13-16(2)25-23(24-15)30-20-6-4-5-19(14-20)26-21(27)12-9-17-7-10-18(11-8-17)22(28)29-3/h4-14H,1-3H3,(H,26,27)/b12-9+. The van der Waals surface area contributed by atoms with Crippen LogP contribution in [-0.2, 0) is 9.53 Å². The summed E-state index contributed by atoms with van der Waals surface area (Å²) in [6.45, 7) is 3.74. The first-order valence-corrected chi connectivity index (χ1v) is 9.20. The number of hydrogen-bond donors (Lipinski definition) is 1. The molecule has 0 saturated carbocycles. The Bertz CT molecular complexity index is 1070. The van der Waals surface area contributed by atoms with Gasteiger partial charge in [-0.2, -0.15) is 0 Å². The zero-order valence-corrected chi connectivity index (χ0v) is 16.9. The van der Waals surface area contributed by atoms with Crippen LogP contribution in [0.1, 0.15) is 27.3 Å². The lowest BCUT2D eigenvalue weighted by Crippen LogP contribution is -2.07. The number of amides is 1. The third-order valence-corrected chi connectivity index (χ3v) is 4.03. The molecule has 0 atom stereocenters. The van der Waals surface area contributed by atoms with Gasteiger partial charge in [-0.3, -0.25) is 4.79 Å². The summed E-state index contributed by atoms with van der Waals surface area (Å²) in [5.41, 5.74) is 3.43. The van der Waals surface area contributed by atoms with E-state index >= 15 is 0 Å². The highest BCUT2D eigenvalue weighted by molar-refractivity contribution is 6.02. The van der Waals surface area contributed by atoms with Crippen molar-refractivity contribution in [1.29, 1.82) is 0 Å². The van der Waals surface area contributed by atoms with Crippen molar-refractivity contribution in [2.45, 2.75) is 13.8 Å². The fraction of sp³-hybridized carbons (Fsp3) is 0.130. The van der Waals surface area contributed by atoms with E-state index in [0.29, 0.717) is 17.0 Å². The van der Waals surface area contributed by atoms with Crippen molar-refractivity contribution >= 4 is 23.6 Å². The summed E-state index contributed by atoms with van der Waals surface area (Å²) >= 11 is 0. The molecule has 0 aliphatic rings. The van der Waals surface area contributed by atoms with Crippen LogP contribution in [0, 0.1) is 13.8 Å². The van der Waals surface area contributed by atoms with E-state index in [4.69, 9.17) is 4.74 Å². The monoisotopic (exact) mass is 403 g/mol. The largest absolute Gasteiger partial charge is 0.465 e. The Labute approximate surface area is 174 Å². The van der Waals surface area contributed by atoms with Crippen LogP contribution in [0.15, 0.2) is 60.7 Å². The molecule has 7 heteroatoms. The molecule has 30 heavy (non-hydrogen) atoms. The maximum atomic E-state index is 12.2. The molecule has 0 fully saturated rings. The molecular formula is C23H21N3O4. The molecule has 7 nitrogen and oxygen atoms in total. The van der Waals surface area contributed by atoms with Crippen LogP contribution < -0.4 is 10.1 Å². The molecule has 0 aliphatic heterocycles. The number of anilines is 1. The number of nitrogens with one attached hydrogen (secondary N) is 1. The van der Waals surface area contributed by atoms with Crippen LogP contribution in [-0.4, -0.2) is 29.0 Å². The van der Waals surface area contributed by atoms with Crippen molar-refractivity contribution in [2.75, 3.05) is 12.4 Å². The molecule has 2 aromatic carbocycles. The lowest BCUT2D eigenvalue weighted by Gasteiger charge is -2.08. The molecule has 0 aliphatic carbocycles. The van der Waals surface area contributed by atoms with Crippen molar-refractivity contribution in [3.8, 4) is 11.8 Å². The quantitative estimate of drug-likeness (QED) is 0.487. The van der Waals surface area contributed by atoms with Gasteiger partial charge in [-0.15, -0.1) is 0 Å². The number of hydrogen-bond acceptors (Lipinski definition) is 6. The average Bonchev–Trinajstić information content (AvgIpc) is 2.71. The fourth-order valence-electron chi connectivity index (χ4n) is 2.69.